The Morgan fingerprint density at radius 2 is 0.760 bits per heavy atom. The summed E-state index contributed by atoms with van der Waals surface area (Å²) in [5, 5.41) is 4.81. The maximum atomic E-state index is 6.18. The van der Waals surface area contributed by atoms with Crippen LogP contribution in [0.15, 0.2) is 180 Å². The fraction of sp³-hybridized carbons (Fsp3) is 0. The van der Waals surface area contributed by atoms with Crippen molar-refractivity contribution in [2.45, 2.75) is 0 Å². The minimum Gasteiger partial charge on any atom is -0.456 e. The van der Waals surface area contributed by atoms with Crippen LogP contribution in [0.25, 0.3) is 105 Å². The number of para-hydroxylation sites is 3. The number of fused-ring (bicyclic) bond motifs is 14. The molecule has 1 aliphatic carbocycles. The Morgan fingerprint density at radius 1 is 0.300 bits per heavy atom. The fourth-order valence-electron chi connectivity index (χ4n) is 8.32. The van der Waals surface area contributed by atoms with Crippen molar-refractivity contribution < 1.29 is 4.42 Å². The number of hydrogen-bond donors (Lipinski definition) is 0. The summed E-state index contributed by atoms with van der Waals surface area (Å²) in [6.45, 7) is 0. The zero-order valence-electron chi connectivity index (χ0n) is 27.1. The maximum Gasteiger partial charge on any atom is 0.135 e. The smallest absolute Gasteiger partial charge is 0.135 e. The normalized spacial score (nSPS) is 12.0. The van der Waals surface area contributed by atoms with Gasteiger partial charge in [-0.05, 0) is 104 Å². The molecule has 0 atom stereocenters. The molecular weight excluding hydrogens is 607 g/mol. The molecule has 0 saturated carbocycles. The lowest BCUT2D eigenvalue weighted by atomic mass is 9.80. The quantitative estimate of drug-likeness (QED) is 0.185. The van der Waals surface area contributed by atoms with E-state index >= 15 is 0 Å². The van der Waals surface area contributed by atoms with Crippen LogP contribution in [-0.4, -0.2) is 4.57 Å². The highest BCUT2D eigenvalue weighted by Gasteiger charge is 2.23. The summed E-state index contributed by atoms with van der Waals surface area (Å²) in [6, 6.07) is 64.1. The van der Waals surface area contributed by atoms with Gasteiger partial charge in [-0.1, -0.05) is 127 Å². The van der Waals surface area contributed by atoms with Crippen molar-refractivity contribution in [1.29, 1.82) is 0 Å². The molecule has 2 heteroatoms. The minimum atomic E-state index is 0.912. The Morgan fingerprint density at radius 3 is 1.46 bits per heavy atom. The van der Waals surface area contributed by atoms with Crippen molar-refractivity contribution in [3.8, 4) is 61.3 Å². The molecule has 2 aromatic heterocycles. The van der Waals surface area contributed by atoms with Crippen LogP contribution in [0.1, 0.15) is 0 Å². The molecule has 0 unspecified atom stereocenters. The van der Waals surface area contributed by atoms with Crippen LogP contribution in [0.5, 0.6) is 0 Å². The predicted octanol–water partition coefficient (Wildman–Crippen LogP) is 13.3. The third-order valence-corrected chi connectivity index (χ3v) is 10.6. The lowest BCUT2D eigenvalue weighted by Gasteiger charge is -2.24. The first-order chi connectivity index (χ1) is 24.8. The SMILES string of the molecule is c1ccc2c(c1)-c1ccccc1-c1cc(-n3c4ccccc4c4ccccc43)ccc1-c1cc(-c3ccc4oc5ccccc5c4c3)ccc1-2. The number of nitrogens with zero attached hydrogens (tertiary/aromatic N) is 1. The van der Waals surface area contributed by atoms with E-state index in [9.17, 15) is 0 Å². The number of hydrogen-bond acceptors (Lipinski definition) is 1. The van der Waals surface area contributed by atoms with E-state index in [4.69, 9.17) is 4.42 Å². The van der Waals surface area contributed by atoms with E-state index in [1.807, 2.05) is 12.1 Å². The van der Waals surface area contributed by atoms with Crippen molar-refractivity contribution in [2.75, 3.05) is 0 Å². The molecule has 11 rings (SSSR count). The highest BCUT2D eigenvalue weighted by atomic mass is 16.3. The molecule has 1 aliphatic rings. The second kappa shape index (κ2) is 10.4. The van der Waals surface area contributed by atoms with Gasteiger partial charge >= 0.3 is 0 Å². The van der Waals surface area contributed by atoms with Crippen molar-refractivity contribution in [3.05, 3.63) is 176 Å². The Hall–Kier alpha value is -6.64. The topological polar surface area (TPSA) is 18.1 Å². The molecule has 8 aromatic carbocycles. The predicted molar refractivity (Wildman–Crippen MR) is 209 cm³/mol. The first kappa shape index (κ1) is 27.3. The second-order valence-corrected chi connectivity index (χ2v) is 13.3. The van der Waals surface area contributed by atoms with Gasteiger partial charge in [-0.3, -0.25) is 0 Å². The molecule has 232 valence electrons. The molecule has 0 aliphatic heterocycles. The molecule has 0 spiro atoms. The van der Waals surface area contributed by atoms with Gasteiger partial charge in [0.1, 0.15) is 11.2 Å². The lowest BCUT2D eigenvalue weighted by Crippen LogP contribution is -2.00. The zero-order valence-corrected chi connectivity index (χ0v) is 27.1. The lowest BCUT2D eigenvalue weighted by molar-refractivity contribution is 0.669. The van der Waals surface area contributed by atoms with Crippen LogP contribution in [0.2, 0.25) is 0 Å². The van der Waals surface area contributed by atoms with Gasteiger partial charge in [-0.25, -0.2) is 0 Å². The average Bonchev–Trinajstić information content (AvgIpc) is 3.72. The van der Waals surface area contributed by atoms with Crippen LogP contribution in [0.4, 0.5) is 0 Å². The molecule has 0 saturated heterocycles. The van der Waals surface area contributed by atoms with Gasteiger partial charge in [0.15, 0.2) is 0 Å². The van der Waals surface area contributed by atoms with Crippen molar-refractivity contribution in [2.24, 2.45) is 0 Å². The van der Waals surface area contributed by atoms with Crippen molar-refractivity contribution in [3.63, 3.8) is 0 Å². The average molecular weight is 636 g/mol. The van der Waals surface area contributed by atoms with Gasteiger partial charge in [0, 0.05) is 27.2 Å². The van der Waals surface area contributed by atoms with E-state index in [1.54, 1.807) is 0 Å². The molecule has 2 heterocycles. The largest absolute Gasteiger partial charge is 0.456 e. The molecule has 0 radical (unpaired) electrons. The van der Waals surface area contributed by atoms with E-state index in [0.717, 1.165) is 27.6 Å². The van der Waals surface area contributed by atoms with Gasteiger partial charge in [0.05, 0.1) is 11.0 Å². The van der Waals surface area contributed by atoms with E-state index in [2.05, 4.69) is 168 Å². The highest BCUT2D eigenvalue weighted by Crippen LogP contribution is 2.49. The molecule has 10 aromatic rings. The van der Waals surface area contributed by atoms with Gasteiger partial charge in [0.25, 0.3) is 0 Å². The molecule has 0 amide bonds. The van der Waals surface area contributed by atoms with Gasteiger partial charge in [-0.15, -0.1) is 0 Å². The van der Waals surface area contributed by atoms with Crippen LogP contribution in [0.3, 0.4) is 0 Å². The summed E-state index contributed by atoms with van der Waals surface area (Å²) < 4.78 is 8.60. The van der Waals surface area contributed by atoms with Gasteiger partial charge < -0.3 is 8.98 Å². The minimum absolute atomic E-state index is 0.912. The molecule has 0 bridgehead atoms. The Balaban J connectivity index is 1.19. The zero-order chi connectivity index (χ0) is 32.8. The third kappa shape index (κ3) is 3.90. The summed E-state index contributed by atoms with van der Waals surface area (Å²) in [7, 11) is 0. The summed E-state index contributed by atoms with van der Waals surface area (Å²) >= 11 is 0. The Kier molecular flexibility index (Phi) is 5.70. The molecule has 0 fully saturated rings. The van der Waals surface area contributed by atoms with E-state index in [0.29, 0.717) is 0 Å². The number of aromatic nitrogens is 1. The maximum absolute atomic E-state index is 6.18. The van der Waals surface area contributed by atoms with Gasteiger partial charge in [0.2, 0.25) is 0 Å². The molecule has 0 N–H and O–H groups in total. The summed E-state index contributed by atoms with van der Waals surface area (Å²) in [5.41, 5.74) is 17.6. The van der Waals surface area contributed by atoms with E-state index in [-0.39, 0.29) is 0 Å². The Bertz CT molecular complexity index is 2940. The number of rotatable bonds is 2. The standard InChI is InChI=1S/C48H29NO/c1-2-13-35-33(11-1)34-12-3-4-14-36(34)43-29-32(49-45-18-8-5-15-39(45)40-16-6-9-19-46(40)49)23-25-38(43)42-27-30(21-24-37(35)42)31-22-26-48-44(28-31)41-17-7-10-20-47(41)50-48/h1-29H. The highest BCUT2D eigenvalue weighted by molar-refractivity contribution is 6.10. The fourth-order valence-corrected chi connectivity index (χ4v) is 8.32. The molecule has 50 heavy (non-hydrogen) atoms. The van der Waals surface area contributed by atoms with Crippen LogP contribution in [-0.2, 0) is 0 Å². The van der Waals surface area contributed by atoms with Gasteiger partial charge in [-0.2, -0.15) is 0 Å². The second-order valence-electron chi connectivity index (χ2n) is 13.3. The van der Waals surface area contributed by atoms with Crippen LogP contribution < -0.4 is 0 Å². The van der Waals surface area contributed by atoms with Crippen LogP contribution >= 0.6 is 0 Å². The van der Waals surface area contributed by atoms with Crippen molar-refractivity contribution >= 4 is 43.7 Å². The number of benzene rings is 8. The molecular formula is C48H29NO. The summed E-state index contributed by atoms with van der Waals surface area (Å²) in [4.78, 5) is 0. The summed E-state index contributed by atoms with van der Waals surface area (Å²) in [5.74, 6) is 0. The van der Waals surface area contributed by atoms with E-state index < -0.39 is 0 Å². The molecule has 2 nitrogen and oxygen atoms in total. The van der Waals surface area contributed by atoms with Crippen molar-refractivity contribution in [1.82, 2.24) is 4.57 Å². The van der Waals surface area contributed by atoms with Crippen LogP contribution in [0, 0.1) is 0 Å². The number of furan rings is 1. The third-order valence-electron chi connectivity index (χ3n) is 10.6. The first-order valence-corrected chi connectivity index (χ1v) is 17.2. The monoisotopic (exact) mass is 635 g/mol. The van der Waals surface area contributed by atoms with E-state index in [1.165, 1.54) is 77.4 Å². The summed E-state index contributed by atoms with van der Waals surface area (Å²) in [6.07, 6.45) is 0. The first-order valence-electron chi connectivity index (χ1n) is 17.2. The Labute approximate surface area is 289 Å².